The summed E-state index contributed by atoms with van der Waals surface area (Å²) in [6, 6.07) is 3.90. The van der Waals surface area contributed by atoms with Crippen LogP contribution < -0.4 is 0 Å². The van der Waals surface area contributed by atoms with Gasteiger partial charge in [0.2, 0.25) is 5.91 Å². The van der Waals surface area contributed by atoms with Gasteiger partial charge < -0.3 is 9.64 Å². The van der Waals surface area contributed by atoms with Crippen molar-refractivity contribution >= 4 is 5.91 Å². The molecule has 1 aliphatic heterocycles. The summed E-state index contributed by atoms with van der Waals surface area (Å²) in [6.45, 7) is 1.39. The van der Waals surface area contributed by atoms with Crippen LogP contribution in [0.1, 0.15) is 56.4 Å². The molecule has 4 rings (SSSR count). The number of amides is 1. The van der Waals surface area contributed by atoms with Crippen molar-refractivity contribution in [3.8, 4) is 0 Å². The van der Waals surface area contributed by atoms with Crippen LogP contribution in [0, 0.1) is 17.6 Å². The van der Waals surface area contributed by atoms with Crippen LogP contribution >= 0.6 is 0 Å². The van der Waals surface area contributed by atoms with Gasteiger partial charge in [-0.25, -0.2) is 8.78 Å². The predicted molar refractivity (Wildman–Crippen MR) is 90.1 cm³/mol. The summed E-state index contributed by atoms with van der Waals surface area (Å²) in [4.78, 5) is 14.5. The molecular formula is C20H25F2NO2. The third-order valence-electron chi connectivity index (χ3n) is 5.92. The number of ether oxygens (including phenoxy) is 1. The molecule has 0 N–H and O–H groups in total. The van der Waals surface area contributed by atoms with E-state index in [0.29, 0.717) is 25.6 Å². The summed E-state index contributed by atoms with van der Waals surface area (Å²) in [7, 11) is 0. The third-order valence-corrected chi connectivity index (χ3v) is 5.92. The number of carbonyl (C=O) groups excluding carboxylic acids is 1. The van der Waals surface area contributed by atoms with Gasteiger partial charge in [0.1, 0.15) is 11.6 Å². The topological polar surface area (TPSA) is 29.5 Å². The number of likely N-dealkylation sites (tertiary alicyclic amines) is 1. The Kier molecular flexibility index (Phi) is 4.76. The molecule has 0 radical (unpaired) electrons. The zero-order valence-corrected chi connectivity index (χ0v) is 14.4. The maximum absolute atomic E-state index is 13.9. The lowest BCUT2D eigenvalue weighted by Gasteiger charge is -2.33. The molecule has 1 amide bonds. The fourth-order valence-corrected chi connectivity index (χ4v) is 4.40. The first-order valence-electron chi connectivity index (χ1n) is 9.51. The number of benzene rings is 1. The van der Waals surface area contributed by atoms with E-state index in [0.717, 1.165) is 25.7 Å². The van der Waals surface area contributed by atoms with Crippen molar-refractivity contribution in [2.45, 2.75) is 63.1 Å². The van der Waals surface area contributed by atoms with E-state index in [2.05, 4.69) is 0 Å². The van der Waals surface area contributed by atoms with Gasteiger partial charge in [-0.2, -0.15) is 0 Å². The number of nitrogens with zero attached hydrogens (tertiary/aromatic N) is 1. The lowest BCUT2D eigenvalue weighted by atomic mass is 10.0. The zero-order valence-electron chi connectivity index (χ0n) is 14.4. The Hall–Kier alpha value is -1.49. The van der Waals surface area contributed by atoms with E-state index in [-0.39, 0.29) is 29.4 Å². The van der Waals surface area contributed by atoms with Crippen molar-refractivity contribution in [2.75, 3.05) is 13.1 Å². The summed E-state index contributed by atoms with van der Waals surface area (Å²) in [5.74, 6) is -1.60. The van der Waals surface area contributed by atoms with Gasteiger partial charge in [0.05, 0.1) is 12.2 Å². The highest BCUT2D eigenvalue weighted by Crippen LogP contribution is 2.50. The van der Waals surface area contributed by atoms with E-state index < -0.39 is 11.6 Å². The summed E-state index contributed by atoms with van der Waals surface area (Å²) < 4.78 is 33.9. The Morgan fingerprint density at radius 2 is 1.60 bits per heavy atom. The highest BCUT2D eigenvalue weighted by Gasteiger charge is 2.48. The second kappa shape index (κ2) is 7.02. The van der Waals surface area contributed by atoms with Gasteiger partial charge in [-0.1, -0.05) is 18.9 Å². The fraction of sp³-hybridized carbons (Fsp3) is 0.650. The first kappa shape index (κ1) is 17.0. The minimum atomic E-state index is -0.538. The molecule has 3 aliphatic rings. The molecule has 0 unspecified atom stereocenters. The monoisotopic (exact) mass is 349 g/mol. The quantitative estimate of drug-likeness (QED) is 0.822. The zero-order chi connectivity index (χ0) is 17.4. The van der Waals surface area contributed by atoms with Crippen LogP contribution in [0.5, 0.6) is 0 Å². The second-order valence-corrected chi connectivity index (χ2v) is 7.65. The largest absolute Gasteiger partial charge is 0.375 e. The first-order valence-corrected chi connectivity index (χ1v) is 9.51. The molecule has 0 bridgehead atoms. The van der Waals surface area contributed by atoms with E-state index in [1.54, 1.807) is 0 Å². The average Bonchev–Trinajstić information content (AvgIpc) is 3.21. The summed E-state index contributed by atoms with van der Waals surface area (Å²) >= 11 is 0. The summed E-state index contributed by atoms with van der Waals surface area (Å²) in [5.41, 5.74) is 0.0836. The molecule has 0 spiro atoms. The smallest absolute Gasteiger partial charge is 0.226 e. The Bertz CT molecular complexity index is 616. The molecule has 3 fully saturated rings. The maximum atomic E-state index is 13.9. The molecule has 1 aromatic rings. The molecule has 2 aliphatic carbocycles. The van der Waals surface area contributed by atoms with Gasteiger partial charge in [0, 0.05) is 30.5 Å². The second-order valence-electron chi connectivity index (χ2n) is 7.65. The summed E-state index contributed by atoms with van der Waals surface area (Å²) in [5, 5.41) is 0. The highest BCUT2D eigenvalue weighted by atomic mass is 19.1. The van der Waals surface area contributed by atoms with Gasteiger partial charge in [0.25, 0.3) is 0 Å². The minimum Gasteiger partial charge on any atom is -0.375 e. The van der Waals surface area contributed by atoms with Crippen molar-refractivity contribution in [1.82, 2.24) is 4.90 Å². The number of halogens is 2. The van der Waals surface area contributed by atoms with Crippen LogP contribution in [-0.4, -0.2) is 36.1 Å². The van der Waals surface area contributed by atoms with Gasteiger partial charge in [-0.3, -0.25) is 4.79 Å². The van der Waals surface area contributed by atoms with E-state index in [4.69, 9.17) is 4.74 Å². The molecule has 2 saturated carbocycles. The van der Waals surface area contributed by atoms with Crippen molar-refractivity contribution in [3.05, 3.63) is 35.4 Å². The lowest BCUT2D eigenvalue weighted by Crippen LogP contribution is -2.42. The molecule has 1 aromatic carbocycles. The van der Waals surface area contributed by atoms with Crippen molar-refractivity contribution in [1.29, 1.82) is 0 Å². The highest BCUT2D eigenvalue weighted by molar-refractivity contribution is 5.83. The number of hydrogen-bond acceptors (Lipinski definition) is 2. The van der Waals surface area contributed by atoms with Crippen LogP contribution in [0.25, 0.3) is 0 Å². The van der Waals surface area contributed by atoms with Gasteiger partial charge >= 0.3 is 0 Å². The molecule has 2 atom stereocenters. The van der Waals surface area contributed by atoms with E-state index >= 15 is 0 Å². The first-order chi connectivity index (χ1) is 12.1. The van der Waals surface area contributed by atoms with E-state index in [1.807, 2.05) is 4.90 Å². The Balaban J connectivity index is 1.30. The molecule has 3 nitrogen and oxygen atoms in total. The minimum absolute atomic E-state index is 0.0481. The molecule has 1 saturated heterocycles. The maximum Gasteiger partial charge on any atom is 0.226 e. The SMILES string of the molecule is O=C([C@@H]1C[C@H]1c1c(F)cccc1F)N1CCC(OC2CCCC2)CC1. The lowest BCUT2D eigenvalue weighted by molar-refractivity contribution is -0.136. The van der Waals surface area contributed by atoms with Gasteiger partial charge in [0.15, 0.2) is 0 Å². The Morgan fingerprint density at radius 3 is 2.24 bits per heavy atom. The molecule has 1 heterocycles. The van der Waals surface area contributed by atoms with Crippen LogP contribution in [0.2, 0.25) is 0 Å². The van der Waals surface area contributed by atoms with Crippen molar-refractivity contribution in [3.63, 3.8) is 0 Å². The molecule has 0 aromatic heterocycles. The summed E-state index contributed by atoms with van der Waals surface area (Å²) in [6.07, 6.45) is 7.80. The van der Waals surface area contributed by atoms with E-state index in [1.165, 1.54) is 31.0 Å². The predicted octanol–water partition coefficient (Wildman–Crippen LogP) is 4.02. The molecular weight excluding hydrogens is 324 g/mol. The average molecular weight is 349 g/mol. The number of carbonyl (C=O) groups is 1. The van der Waals surface area contributed by atoms with Crippen LogP contribution in [0.15, 0.2) is 18.2 Å². The van der Waals surface area contributed by atoms with Crippen LogP contribution in [0.3, 0.4) is 0 Å². The number of piperidine rings is 1. The Morgan fingerprint density at radius 1 is 1.00 bits per heavy atom. The van der Waals surface area contributed by atoms with Gasteiger partial charge in [-0.15, -0.1) is 0 Å². The molecule has 136 valence electrons. The van der Waals surface area contributed by atoms with Crippen LogP contribution in [0.4, 0.5) is 8.78 Å². The normalized spacial score (nSPS) is 27.7. The Labute approximate surface area is 147 Å². The number of rotatable bonds is 4. The van der Waals surface area contributed by atoms with Crippen molar-refractivity contribution in [2.24, 2.45) is 5.92 Å². The number of hydrogen-bond donors (Lipinski definition) is 0. The van der Waals surface area contributed by atoms with E-state index in [9.17, 15) is 13.6 Å². The fourth-order valence-electron chi connectivity index (χ4n) is 4.40. The third kappa shape index (κ3) is 3.57. The van der Waals surface area contributed by atoms with Crippen molar-refractivity contribution < 1.29 is 18.3 Å². The van der Waals surface area contributed by atoms with Gasteiger partial charge in [-0.05, 0) is 44.2 Å². The molecule has 5 heteroatoms. The molecule has 25 heavy (non-hydrogen) atoms. The standard InChI is InChI=1S/C20H25F2NO2/c21-17-6-3-7-18(22)19(17)15-12-16(15)20(24)23-10-8-14(9-11-23)25-13-4-1-2-5-13/h3,6-7,13-16H,1-2,4-5,8-12H2/t15-,16-/m1/s1. The van der Waals surface area contributed by atoms with Crippen LogP contribution in [-0.2, 0) is 9.53 Å².